The van der Waals surface area contributed by atoms with Crippen molar-refractivity contribution in [1.82, 2.24) is 5.32 Å². The standard InChI is InChI=1S/C16H19ClN2O3S/c1-2-9-19-16(20)14(12-23(21,22)10-3-8-18)11-13-4-6-15(17)7-5-13/h4-7,11H,2-3,9-10,12H2,1H3,(H,19,20)/b14-11+. The van der Waals surface area contributed by atoms with Gasteiger partial charge in [-0.3, -0.25) is 4.79 Å². The van der Waals surface area contributed by atoms with Crippen molar-refractivity contribution >= 4 is 33.4 Å². The van der Waals surface area contributed by atoms with Crippen LogP contribution in [0.25, 0.3) is 6.08 Å². The molecule has 1 rings (SSSR count). The zero-order chi connectivity index (χ0) is 17.3. The summed E-state index contributed by atoms with van der Waals surface area (Å²) in [6.07, 6.45) is 2.19. The van der Waals surface area contributed by atoms with E-state index in [0.29, 0.717) is 17.1 Å². The van der Waals surface area contributed by atoms with Crippen LogP contribution in [0, 0.1) is 11.3 Å². The van der Waals surface area contributed by atoms with Crippen molar-refractivity contribution in [2.45, 2.75) is 19.8 Å². The number of nitrogens with zero attached hydrogens (tertiary/aromatic N) is 1. The zero-order valence-corrected chi connectivity index (χ0v) is 14.5. The summed E-state index contributed by atoms with van der Waals surface area (Å²) in [7, 11) is -3.52. The number of hydrogen-bond acceptors (Lipinski definition) is 4. The zero-order valence-electron chi connectivity index (χ0n) is 12.9. The molecule has 0 saturated heterocycles. The highest BCUT2D eigenvalue weighted by Crippen LogP contribution is 2.14. The molecular weight excluding hydrogens is 336 g/mol. The SMILES string of the molecule is CCCNC(=O)/C(=C/c1ccc(Cl)cc1)CS(=O)(=O)CCC#N. The molecule has 0 aliphatic heterocycles. The highest BCUT2D eigenvalue weighted by Gasteiger charge is 2.18. The number of sulfone groups is 1. The van der Waals surface area contributed by atoms with Crippen LogP contribution >= 0.6 is 11.6 Å². The Labute approximate surface area is 141 Å². The minimum atomic E-state index is -3.52. The molecule has 0 fully saturated rings. The van der Waals surface area contributed by atoms with Crippen molar-refractivity contribution in [3.8, 4) is 6.07 Å². The lowest BCUT2D eigenvalue weighted by molar-refractivity contribution is -0.117. The highest BCUT2D eigenvalue weighted by atomic mass is 35.5. The van der Waals surface area contributed by atoms with Crippen LogP contribution in [0.2, 0.25) is 5.02 Å². The molecule has 0 saturated carbocycles. The van der Waals surface area contributed by atoms with E-state index in [1.807, 2.05) is 6.92 Å². The van der Waals surface area contributed by atoms with Crippen LogP contribution in [0.15, 0.2) is 29.8 Å². The normalized spacial score (nSPS) is 11.8. The number of halogens is 1. The quantitative estimate of drug-likeness (QED) is 0.727. The van der Waals surface area contributed by atoms with E-state index in [0.717, 1.165) is 6.42 Å². The maximum absolute atomic E-state index is 12.2. The van der Waals surface area contributed by atoms with Crippen LogP contribution in [0.4, 0.5) is 0 Å². The summed E-state index contributed by atoms with van der Waals surface area (Å²) in [5, 5.41) is 11.8. The Balaban J connectivity index is 3.04. The predicted molar refractivity (Wildman–Crippen MR) is 91.6 cm³/mol. The lowest BCUT2D eigenvalue weighted by Gasteiger charge is -2.09. The van der Waals surface area contributed by atoms with Gasteiger partial charge in [0.1, 0.15) is 0 Å². The smallest absolute Gasteiger partial charge is 0.248 e. The number of benzene rings is 1. The van der Waals surface area contributed by atoms with Crippen molar-refractivity contribution in [1.29, 1.82) is 5.26 Å². The Morgan fingerprint density at radius 3 is 2.57 bits per heavy atom. The van der Waals surface area contributed by atoms with Gasteiger partial charge in [-0.25, -0.2) is 8.42 Å². The number of carbonyl (C=O) groups excluding carboxylic acids is 1. The van der Waals surface area contributed by atoms with Gasteiger partial charge >= 0.3 is 0 Å². The molecule has 0 radical (unpaired) electrons. The molecule has 124 valence electrons. The van der Waals surface area contributed by atoms with Gasteiger partial charge in [-0.2, -0.15) is 5.26 Å². The van der Waals surface area contributed by atoms with E-state index in [9.17, 15) is 13.2 Å². The van der Waals surface area contributed by atoms with E-state index in [2.05, 4.69) is 5.32 Å². The second-order valence-corrected chi connectivity index (χ2v) is 7.60. The number of amides is 1. The van der Waals surface area contributed by atoms with Crippen molar-refractivity contribution in [3.05, 3.63) is 40.4 Å². The molecule has 0 spiro atoms. The molecule has 23 heavy (non-hydrogen) atoms. The molecule has 5 nitrogen and oxygen atoms in total. The van der Waals surface area contributed by atoms with Crippen molar-refractivity contribution in [3.63, 3.8) is 0 Å². The van der Waals surface area contributed by atoms with Crippen molar-refractivity contribution in [2.75, 3.05) is 18.1 Å². The van der Waals surface area contributed by atoms with E-state index in [-0.39, 0.29) is 17.7 Å². The maximum atomic E-state index is 12.2. The lowest BCUT2D eigenvalue weighted by atomic mass is 10.1. The molecule has 0 unspecified atom stereocenters. The van der Waals surface area contributed by atoms with Crippen molar-refractivity contribution < 1.29 is 13.2 Å². The van der Waals surface area contributed by atoms with Gasteiger partial charge in [-0.1, -0.05) is 30.7 Å². The van der Waals surface area contributed by atoms with Gasteiger partial charge < -0.3 is 5.32 Å². The molecule has 0 atom stereocenters. The van der Waals surface area contributed by atoms with Gasteiger partial charge in [-0.05, 0) is 30.2 Å². The predicted octanol–water partition coefficient (Wildman–Crippen LogP) is 2.58. The third-order valence-electron chi connectivity index (χ3n) is 2.94. The Hall–Kier alpha value is -1.84. The van der Waals surface area contributed by atoms with Crippen LogP contribution in [-0.4, -0.2) is 32.4 Å². The van der Waals surface area contributed by atoms with Gasteiger partial charge in [0.2, 0.25) is 5.91 Å². The topological polar surface area (TPSA) is 87.0 Å². The van der Waals surface area contributed by atoms with Crippen LogP contribution in [-0.2, 0) is 14.6 Å². The van der Waals surface area contributed by atoms with E-state index >= 15 is 0 Å². The summed E-state index contributed by atoms with van der Waals surface area (Å²) >= 11 is 5.82. The van der Waals surface area contributed by atoms with E-state index in [1.54, 1.807) is 30.3 Å². The van der Waals surface area contributed by atoms with Crippen LogP contribution in [0.1, 0.15) is 25.3 Å². The number of nitriles is 1. The number of rotatable bonds is 8. The fourth-order valence-corrected chi connectivity index (χ4v) is 3.16. The molecule has 0 heterocycles. The molecule has 7 heteroatoms. The maximum Gasteiger partial charge on any atom is 0.248 e. The Bertz CT molecular complexity index is 704. The fourth-order valence-electron chi connectivity index (χ4n) is 1.80. The summed E-state index contributed by atoms with van der Waals surface area (Å²) in [4.78, 5) is 12.2. The average molecular weight is 355 g/mol. The molecule has 1 aromatic carbocycles. The molecule has 0 bridgehead atoms. The van der Waals surface area contributed by atoms with Crippen LogP contribution in [0.5, 0.6) is 0 Å². The molecule has 0 aliphatic carbocycles. The highest BCUT2D eigenvalue weighted by molar-refractivity contribution is 7.91. The summed E-state index contributed by atoms with van der Waals surface area (Å²) in [5.74, 6) is -1.07. The first-order chi connectivity index (χ1) is 10.9. The van der Waals surface area contributed by atoms with Gasteiger partial charge in [0, 0.05) is 23.6 Å². The summed E-state index contributed by atoms with van der Waals surface area (Å²) in [6, 6.07) is 8.55. The number of hydrogen-bond donors (Lipinski definition) is 1. The number of nitrogens with one attached hydrogen (secondary N) is 1. The van der Waals surface area contributed by atoms with Crippen LogP contribution < -0.4 is 5.32 Å². The Morgan fingerprint density at radius 1 is 1.35 bits per heavy atom. The molecular formula is C16H19ClN2O3S. The monoisotopic (exact) mass is 354 g/mol. The largest absolute Gasteiger partial charge is 0.352 e. The second kappa shape index (κ2) is 9.33. The minimum absolute atomic E-state index is 0.0901. The molecule has 1 aromatic rings. The van der Waals surface area contributed by atoms with E-state index < -0.39 is 21.5 Å². The van der Waals surface area contributed by atoms with Gasteiger partial charge in [0.25, 0.3) is 0 Å². The van der Waals surface area contributed by atoms with Gasteiger partial charge in [-0.15, -0.1) is 0 Å². The van der Waals surface area contributed by atoms with E-state index in [4.69, 9.17) is 16.9 Å². The first-order valence-corrected chi connectivity index (χ1v) is 9.39. The molecule has 1 amide bonds. The lowest BCUT2D eigenvalue weighted by Crippen LogP contribution is -2.29. The summed E-state index contributed by atoms with van der Waals surface area (Å²) < 4.78 is 24.1. The molecule has 0 aromatic heterocycles. The Morgan fingerprint density at radius 2 is 2.00 bits per heavy atom. The Kier molecular flexibility index (Phi) is 7.79. The summed E-state index contributed by atoms with van der Waals surface area (Å²) in [5.41, 5.74) is 0.838. The van der Waals surface area contributed by atoms with Crippen molar-refractivity contribution in [2.24, 2.45) is 0 Å². The third-order valence-corrected chi connectivity index (χ3v) is 4.77. The first-order valence-electron chi connectivity index (χ1n) is 7.19. The minimum Gasteiger partial charge on any atom is -0.352 e. The summed E-state index contributed by atoms with van der Waals surface area (Å²) in [6.45, 7) is 2.38. The second-order valence-electron chi connectivity index (χ2n) is 4.98. The van der Waals surface area contributed by atoms with Gasteiger partial charge in [0.05, 0.1) is 17.6 Å². The molecule has 0 aliphatic rings. The third kappa shape index (κ3) is 7.31. The first kappa shape index (κ1) is 19.2. The van der Waals surface area contributed by atoms with Gasteiger partial charge in [0.15, 0.2) is 9.84 Å². The van der Waals surface area contributed by atoms with E-state index in [1.165, 1.54) is 6.08 Å². The van der Waals surface area contributed by atoms with Crippen LogP contribution in [0.3, 0.4) is 0 Å². The average Bonchev–Trinajstić information content (AvgIpc) is 2.52. The fraction of sp³-hybridized carbons (Fsp3) is 0.375. The molecule has 1 N–H and O–H groups in total. The number of carbonyl (C=O) groups is 1.